The lowest BCUT2D eigenvalue weighted by atomic mass is 10.2. The number of amides is 1. The minimum atomic E-state index is -0.868. The first kappa shape index (κ1) is 17.6. The van der Waals surface area contributed by atoms with Crippen LogP contribution < -0.4 is 14.8 Å². The fraction of sp³-hybridized carbons (Fsp3) is 0.176. The maximum atomic E-state index is 13.0. The Bertz CT molecular complexity index is 805. The van der Waals surface area contributed by atoms with E-state index in [0.717, 1.165) is 6.07 Å². The number of methoxy groups -OCH3 is 1. The number of halogens is 2. The van der Waals surface area contributed by atoms with Gasteiger partial charge in [0.1, 0.15) is 5.82 Å². The Labute approximate surface area is 143 Å². The van der Waals surface area contributed by atoms with Crippen LogP contribution in [-0.4, -0.2) is 19.1 Å². The number of nitriles is 1. The number of nitrogens with zero attached hydrogens (tertiary/aromatic N) is 1. The average Bonchev–Trinajstić information content (AvgIpc) is 2.57. The summed E-state index contributed by atoms with van der Waals surface area (Å²) < 4.78 is 23.7. The molecule has 124 valence electrons. The van der Waals surface area contributed by atoms with Gasteiger partial charge in [-0.25, -0.2) is 4.39 Å². The first-order valence-corrected chi connectivity index (χ1v) is 7.33. The molecule has 1 amide bonds. The molecule has 2 aromatic rings. The third-order valence-electron chi connectivity index (χ3n) is 3.15. The SMILES string of the molecule is COc1cc(C#N)ccc1O[C@H](C)C(=O)Nc1ccc(F)cc1Cl. The van der Waals surface area contributed by atoms with Gasteiger partial charge < -0.3 is 14.8 Å². The van der Waals surface area contributed by atoms with Crippen molar-refractivity contribution in [3.63, 3.8) is 0 Å². The highest BCUT2D eigenvalue weighted by atomic mass is 35.5. The molecule has 2 aromatic carbocycles. The third kappa shape index (κ3) is 4.15. The molecule has 0 fully saturated rings. The Balaban J connectivity index is 2.10. The summed E-state index contributed by atoms with van der Waals surface area (Å²) in [5.74, 6) is -0.294. The molecule has 1 atom stereocenters. The van der Waals surface area contributed by atoms with Gasteiger partial charge in [0, 0.05) is 6.07 Å². The van der Waals surface area contributed by atoms with Gasteiger partial charge >= 0.3 is 0 Å². The molecule has 5 nitrogen and oxygen atoms in total. The molecule has 0 aliphatic rings. The minimum Gasteiger partial charge on any atom is -0.493 e. The quantitative estimate of drug-likeness (QED) is 0.892. The van der Waals surface area contributed by atoms with Crippen molar-refractivity contribution in [2.45, 2.75) is 13.0 Å². The summed E-state index contributed by atoms with van der Waals surface area (Å²) in [6.07, 6.45) is -0.868. The second-order valence-corrected chi connectivity index (χ2v) is 5.26. The number of hydrogen-bond donors (Lipinski definition) is 1. The van der Waals surface area contributed by atoms with Gasteiger partial charge in [0.2, 0.25) is 0 Å². The van der Waals surface area contributed by atoms with Gasteiger partial charge in [-0.1, -0.05) is 11.6 Å². The molecule has 0 aromatic heterocycles. The summed E-state index contributed by atoms with van der Waals surface area (Å²) in [5.41, 5.74) is 0.694. The molecule has 0 bridgehead atoms. The Kier molecular flexibility index (Phi) is 5.61. The lowest BCUT2D eigenvalue weighted by Crippen LogP contribution is -2.30. The minimum absolute atomic E-state index is 0.0894. The number of nitrogens with one attached hydrogen (secondary N) is 1. The molecule has 0 aliphatic heterocycles. The highest BCUT2D eigenvalue weighted by Crippen LogP contribution is 2.29. The number of anilines is 1. The molecule has 24 heavy (non-hydrogen) atoms. The van der Waals surface area contributed by atoms with Gasteiger partial charge in [0.05, 0.1) is 29.5 Å². The summed E-state index contributed by atoms with van der Waals surface area (Å²) in [7, 11) is 1.44. The highest BCUT2D eigenvalue weighted by Gasteiger charge is 2.18. The van der Waals surface area contributed by atoms with Crippen molar-refractivity contribution in [3.8, 4) is 17.6 Å². The fourth-order valence-electron chi connectivity index (χ4n) is 1.90. The van der Waals surface area contributed by atoms with Crippen molar-refractivity contribution in [3.05, 3.63) is 52.8 Å². The van der Waals surface area contributed by atoms with Crippen molar-refractivity contribution in [1.82, 2.24) is 0 Å². The molecule has 2 rings (SSSR count). The third-order valence-corrected chi connectivity index (χ3v) is 3.47. The van der Waals surface area contributed by atoms with Crippen LogP contribution in [0.15, 0.2) is 36.4 Å². The fourth-order valence-corrected chi connectivity index (χ4v) is 2.12. The normalized spacial score (nSPS) is 11.3. The molecule has 0 radical (unpaired) electrons. The van der Waals surface area contributed by atoms with Crippen molar-refractivity contribution >= 4 is 23.2 Å². The Morgan fingerprint density at radius 2 is 2.04 bits per heavy atom. The molecule has 0 saturated heterocycles. The molecule has 0 aliphatic carbocycles. The number of hydrogen-bond acceptors (Lipinski definition) is 4. The van der Waals surface area contributed by atoms with Crippen LogP contribution in [0.5, 0.6) is 11.5 Å². The van der Waals surface area contributed by atoms with Crippen LogP contribution in [0.3, 0.4) is 0 Å². The highest BCUT2D eigenvalue weighted by molar-refractivity contribution is 6.33. The van der Waals surface area contributed by atoms with Crippen LogP contribution in [0.25, 0.3) is 0 Å². The maximum absolute atomic E-state index is 13.0. The molecular weight excluding hydrogens is 335 g/mol. The van der Waals surface area contributed by atoms with Gasteiger partial charge in [0.25, 0.3) is 5.91 Å². The van der Waals surface area contributed by atoms with Gasteiger partial charge in [-0.15, -0.1) is 0 Å². The molecular formula is C17H14ClFN2O3. The van der Waals surface area contributed by atoms with E-state index in [1.165, 1.54) is 25.3 Å². The van der Waals surface area contributed by atoms with Crippen LogP contribution in [0.4, 0.5) is 10.1 Å². The van der Waals surface area contributed by atoms with Crippen LogP contribution in [0.2, 0.25) is 5.02 Å². The summed E-state index contributed by atoms with van der Waals surface area (Å²) in [5, 5.41) is 11.5. The van der Waals surface area contributed by atoms with E-state index in [2.05, 4.69) is 5.32 Å². The lowest BCUT2D eigenvalue weighted by molar-refractivity contribution is -0.122. The topological polar surface area (TPSA) is 71.3 Å². The standard InChI is InChI=1S/C17H14ClFN2O3/c1-10(17(22)21-14-5-4-12(19)8-13(14)18)24-15-6-3-11(9-20)7-16(15)23-2/h3-8,10H,1-2H3,(H,21,22)/t10-/m1/s1. The molecule has 0 spiro atoms. The maximum Gasteiger partial charge on any atom is 0.265 e. The molecule has 0 unspecified atom stereocenters. The summed E-state index contributed by atoms with van der Waals surface area (Å²) in [6.45, 7) is 1.55. The van der Waals surface area contributed by atoms with E-state index in [4.69, 9.17) is 26.3 Å². The van der Waals surface area contributed by atoms with Crippen LogP contribution in [-0.2, 0) is 4.79 Å². The van der Waals surface area contributed by atoms with E-state index < -0.39 is 17.8 Å². The van der Waals surface area contributed by atoms with Crippen molar-refractivity contribution in [2.75, 3.05) is 12.4 Å². The van der Waals surface area contributed by atoms with Crippen LogP contribution in [0.1, 0.15) is 12.5 Å². The Morgan fingerprint density at radius 3 is 2.67 bits per heavy atom. The Morgan fingerprint density at radius 1 is 1.29 bits per heavy atom. The van der Waals surface area contributed by atoms with E-state index in [1.807, 2.05) is 6.07 Å². The van der Waals surface area contributed by atoms with Gasteiger partial charge in [0.15, 0.2) is 17.6 Å². The number of benzene rings is 2. The summed E-state index contributed by atoms with van der Waals surface area (Å²) in [4.78, 5) is 12.2. The van der Waals surface area contributed by atoms with Crippen molar-refractivity contribution < 1.29 is 18.7 Å². The Hall–Kier alpha value is -2.78. The largest absolute Gasteiger partial charge is 0.493 e. The molecule has 0 heterocycles. The van der Waals surface area contributed by atoms with Crippen LogP contribution >= 0.6 is 11.6 Å². The second kappa shape index (κ2) is 7.66. The zero-order valence-electron chi connectivity index (χ0n) is 13.0. The van der Waals surface area contributed by atoms with Gasteiger partial charge in [-0.05, 0) is 37.3 Å². The zero-order chi connectivity index (χ0) is 17.7. The molecule has 7 heteroatoms. The van der Waals surface area contributed by atoms with Gasteiger partial charge in [-0.2, -0.15) is 5.26 Å². The molecule has 0 saturated carbocycles. The monoisotopic (exact) mass is 348 g/mol. The van der Waals surface area contributed by atoms with Crippen LogP contribution in [0, 0.1) is 17.1 Å². The van der Waals surface area contributed by atoms with Crippen molar-refractivity contribution in [2.24, 2.45) is 0 Å². The number of rotatable bonds is 5. The summed E-state index contributed by atoms with van der Waals surface area (Å²) >= 11 is 5.87. The molecule has 1 N–H and O–H groups in total. The number of carbonyl (C=O) groups excluding carboxylic acids is 1. The lowest BCUT2D eigenvalue weighted by Gasteiger charge is -2.17. The predicted molar refractivity (Wildman–Crippen MR) is 87.8 cm³/mol. The van der Waals surface area contributed by atoms with Gasteiger partial charge in [-0.3, -0.25) is 4.79 Å². The van der Waals surface area contributed by atoms with E-state index in [-0.39, 0.29) is 10.7 Å². The zero-order valence-corrected chi connectivity index (χ0v) is 13.7. The summed E-state index contributed by atoms with van der Waals surface area (Å²) in [6, 6.07) is 10.3. The van der Waals surface area contributed by atoms with E-state index >= 15 is 0 Å². The number of carbonyl (C=O) groups is 1. The van der Waals surface area contributed by atoms with E-state index in [9.17, 15) is 9.18 Å². The van der Waals surface area contributed by atoms with E-state index in [1.54, 1.807) is 19.1 Å². The average molecular weight is 349 g/mol. The van der Waals surface area contributed by atoms with E-state index in [0.29, 0.717) is 17.1 Å². The second-order valence-electron chi connectivity index (χ2n) is 4.85. The van der Waals surface area contributed by atoms with Crippen molar-refractivity contribution in [1.29, 1.82) is 5.26 Å². The first-order valence-electron chi connectivity index (χ1n) is 6.95. The number of ether oxygens (including phenoxy) is 2. The predicted octanol–water partition coefficient (Wildman–Crippen LogP) is 3.77. The first-order chi connectivity index (χ1) is 11.4. The smallest absolute Gasteiger partial charge is 0.265 e.